The van der Waals surface area contributed by atoms with Gasteiger partial charge in [-0.1, -0.05) is 26.1 Å². The predicted octanol–water partition coefficient (Wildman–Crippen LogP) is 2.49. The molecule has 1 aromatic carbocycles. The van der Waals surface area contributed by atoms with Crippen LogP contribution in [0.3, 0.4) is 0 Å². The van der Waals surface area contributed by atoms with Crippen LogP contribution in [-0.2, 0) is 0 Å². The Bertz CT molecular complexity index is 415. The highest BCUT2D eigenvalue weighted by Gasteiger charge is 2.12. The quantitative estimate of drug-likeness (QED) is 0.722. The highest BCUT2D eigenvalue weighted by atomic mass is 32.1. The van der Waals surface area contributed by atoms with Crippen molar-refractivity contribution in [2.75, 3.05) is 31.5 Å². The maximum absolute atomic E-state index is 11.4. The minimum atomic E-state index is 0.00929. The van der Waals surface area contributed by atoms with Crippen LogP contribution >= 0.6 is 12.2 Å². The molecule has 0 radical (unpaired) electrons. The summed E-state index contributed by atoms with van der Waals surface area (Å²) < 4.78 is 0.492. The van der Waals surface area contributed by atoms with Gasteiger partial charge in [-0.2, -0.15) is 0 Å². The lowest BCUT2D eigenvalue weighted by molar-refractivity contribution is 0.285. The van der Waals surface area contributed by atoms with Gasteiger partial charge in [-0.25, -0.2) is 0 Å². The summed E-state index contributed by atoms with van der Waals surface area (Å²) in [5, 5.41) is 3.20. The zero-order valence-corrected chi connectivity index (χ0v) is 11.8. The molecule has 0 saturated carbocycles. The fourth-order valence-corrected chi connectivity index (χ4v) is 2.23. The lowest BCUT2D eigenvalue weighted by Gasteiger charge is -2.21. The number of rotatable bonds is 8. The molecule has 0 aliphatic heterocycles. The van der Waals surface area contributed by atoms with Crippen molar-refractivity contribution < 1.29 is 0 Å². The summed E-state index contributed by atoms with van der Waals surface area (Å²) in [5.41, 5.74) is 1.68. The molecule has 1 rings (SSSR count). The normalized spacial score (nSPS) is 11.3. The van der Waals surface area contributed by atoms with Gasteiger partial charge in [0.05, 0.1) is 10.2 Å². The molecular weight excluding hydrogens is 232 g/mol. The van der Waals surface area contributed by atoms with Crippen LogP contribution in [0.1, 0.15) is 32.3 Å². The maximum Gasteiger partial charge on any atom is 0.220 e. The van der Waals surface area contributed by atoms with Crippen LogP contribution in [0.4, 0.5) is 5.69 Å². The Balaban J connectivity index is 2.36. The van der Waals surface area contributed by atoms with Crippen LogP contribution in [0.2, 0.25) is 0 Å². The lowest BCUT2D eigenvalue weighted by atomic mass is 10.1. The van der Waals surface area contributed by atoms with Gasteiger partial charge in [0.2, 0.25) is 5.43 Å². The van der Waals surface area contributed by atoms with Gasteiger partial charge in [0.15, 0.2) is 0 Å². The van der Waals surface area contributed by atoms with Crippen LogP contribution in [-0.4, -0.2) is 31.1 Å². The summed E-state index contributed by atoms with van der Waals surface area (Å²) in [7, 11) is 0. The van der Waals surface area contributed by atoms with E-state index in [0.717, 1.165) is 37.4 Å². The number of nitrogens with one attached hydrogen (secondary N) is 1. The third-order valence-corrected chi connectivity index (χ3v) is 3.45. The van der Waals surface area contributed by atoms with Gasteiger partial charge in [0.25, 0.3) is 0 Å². The predicted molar refractivity (Wildman–Crippen MR) is 76.2 cm³/mol. The molecular formula is C13H22N2OS. The van der Waals surface area contributed by atoms with Crippen molar-refractivity contribution in [1.82, 2.24) is 4.90 Å². The maximum atomic E-state index is 11.4. The molecule has 0 heterocycles. The van der Waals surface area contributed by atoms with Crippen LogP contribution in [0.25, 0.3) is 0 Å². The Morgan fingerprint density at radius 3 is 2.24 bits per heavy atom. The number of nitrogens with zero attached hydrogens (tertiary/aromatic N) is 1. The molecule has 3 nitrogen and oxygen atoms in total. The van der Waals surface area contributed by atoms with Crippen molar-refractivity contribution in [3.63, 3.8) is 0 Å². The highest BCUT2D eigenvalue weighted by molar-refractivity contribution is 7.71. The highest BCUT2D eigenvalue weighted by Crippen LogP contribution is 2.13. The van der Waals surface area contributed by atoms with E-state index in [-0.39, 0.29) is 5.43 Å². The zero-order valence-electron chi connectivity index (χ0n) is 11.0. The Hall–Kier alpha value is -0.740. The molecule has 0 aromatic heterocycles. The number of hydrogen-bond acceptors (Lipinski definition) is 4. The first-order chi connectivity index (χ1) is 8.11. The SMILES string of the molecule is CCCN(CCC)CCNc1c(C)c(=S)c1=O. The van der Waals surface area contributed by atoms with Gasteiger partial charge in [-0.3, -0.25) is 4.79 Å². The molecule has 0 aliphatic carbocycles. The van der Waals surface area contributed by atoms with Crippen LogP contribution < -0.4 is 10.7 Å². The van der Waals surface area contributed by atoms with Gasteiger partial charge >= 0.3 is 0 Å². The summed E-state index contributed by atoms with van der Waals surface area (Å²) >= 11 is 4.93. The summed E-state index contributed by atoms with van der Waals surface area (Å²) in [6.45, 7) is 10.3. The van der Waals surface area contributed by atoms with Crippen molar-refractivity contribution in [3.8, 4) is 0 Å². The van der Waals surface area contributed by atoms with Gasteiger partial charge in [-0.15, -0.1) is 0 Å². The number of anilines is 1. The van der Waals surface area contributed by atoms with Crippen molar-refractivity contribution in [2.45, 2.75) is 33.6 Å². The van der Waals surface area contributed by atoms with E-state index in [9.17, 15) is 4.79 Å². The minimum Gasteiger partial charge on any atom is -0.380 e. The van der Waals surface area contributed by atoms with Crippen LogP contribution in [0.15, 0.2) is 4.79 Å². The number of hydrogen-bond donors (Lipinski definition) is 1. The summed E-state index contributed by atoms with van der Waals surface area (Å²) in [6.07, 6.45) is 2.34. The molecule has 0 aliphatic rings. The summed E-state index contributed by atoms with van der Waals surface area (Å²) in [5.74, 6) is 0. The molecule has 0 atom stereocenters. The van der Waals surface area contributed by atoms with Gasteiger partial charge in [0, 0.05) is 13.1 Å². The molecule has 1 N–H and O–H groups in total. The Labute approximate surface area is 109 Å². The molecule has 4 heteroatoms. The summed E-state index contributed by atoms with van der Waals surface area (Å²) in [4.78, 5) is 13.8. The second-order valence-electron chi connectivity index (χ2n) is 4.43. The van der Waals surface area contributed by atoms with E-state index >= 15 is 0 Å². The average molecular weight is 254 g/mol. The average Bonchev–Trinajstić information content (AvgIpc) is 2.33. The second kappa shape index (κ2) is 6.87. The van der Waals surface area contributed by atoms with E-state index in [1.165, 1.54) is 12.8 Å². The van der Waals surface area contributed by atoms with Crippen molar-refractivity contribution in [1.29, 1.82) is 0 Å². The Morgan fingerprint density at radius 1 is 1.18 bits per heavy atom. The van der Waals surface area contributed by atoms with Crippen molar-refractivity contribution >= 4 is 17.9 Å². The van der Waals surface area contributed by atoms with Gasteiger partial charge in [-0.05, 0) is 38.4 Å². The van der Waals surface area contributed by atoms with E-state index in [1.54, 1.807) is 0 Å². The largest absolute Gasteiger partial charge is 0.380 e. The lowest BCUT2D eigenvalue weighted by Crippen LogP contribution is -2.32. The van der Waals surface area contributed by atoms with E-state index in [2.05, 4.69) is 24.1 Å². The molecule has 1 aromatic rings. The molecule has 0 fully saturated rings. The molecule has 0 saturated heterocycles. The van der Waals surface area contributed by atoms with E-state index < -0.39 is 0 Å². The molecule has 17 heavy (non-hydrogen) atoms. The fourth-order valence-electron chi connectivity index (χ4n) is 2.02. The standard InChI is InChI=1S/C13H22N2OS/c1-4-7-15(8-5-2)9-6-14-11-10(3)13(17)12(11)16/h14H,4-9H2,1-3H3. The smallest absolute Gasteiger partial charge is 0.220 e. The van der Waals surface area contributed by atoms with Crippen LogP contribution in [0, 0.1) is 11.4 Å². The first-order valence-corrected chi connectivity index (χ1v) is 6.78. The Morgan fingerprint density at radius 2 is 1.76 bits per heavy atom. The molecule has 0 unspecified atom stereocenters. The van der Waals surface area contributed by atoms with Crippen molar-refractivity contribution in [2.24, 2.45) is 0 Å². The molecule has 0 spiro atoms. The topological polar surface area (TPSA) is 32.3 Å². The molecule has 96 valence electrons. The van der Waals surface area contributed by atoms with E-state index in [0.29, 0.717) is 4.51 Å². The third-order valence-electron chi connectivity index (χ3n) is 2.96. The van der Waals surface area contributed by atoms with Gasteiger partial charge < -0.3 is 10.2 Å². The first-order valence-electron chi connectivity index (χ1n) is 6.37. The van der Waals surface area contributed by atoms with Gasteiger partial charge in [0.1, 0.15) is 0 Å². The Kier molecular flexibility index (Phi) is 5.78. The second-order valence-corrected chi connectivity index (χ2v) is 4.83. The van der Waals surface area contributed by atoms with Crippen LogP contribution in [0.5, 0.6) is 0 Å². The van der Waals surface area contributed by atoms with E-state index in [4.69, 9.17) is 12.2 Å². The summed E-state index contributed by atoms with van der Waals surface area (Å²) in [6, 6.07) is 0. The third kappa shape index (κ3) is 3.61. The fraction of sp³-hybridized carbons (Fsp3) is 0.692. The van der Waals surface area contributed by atoms with E-state index in [1.807, 2.05) is 6.92 Å². The molecule has 0 amide bonds. The monoisotopic (exact) mass is 254 g/mol. The molecule has 0 bridgehead atoms. The first kappa shape index (κ1) is 14.3. The zero-order chi connectivity index (χ0) is 12.8. The minimum absolute atomic E-state index is 0.00929. The van der Waals surface area contributed by atoms with Crippen molar-refractivity contribution in [3.05, 3.63) is 20.3 Å².